The number of carbonyl (C=O) groups excluding carboxylic acids is 1. The first-order chi connectivity index (χ1) is 13.1. The first-order valence-corrected chi connectivity index (χ1v) is 9.26. The van der Waals surface area contributed by atoms with Crippen LogP contribution in [-0.4, -0.2) is 50.6 Å². The van der Waals surface area contributed by atoms with Gasteiger partial charge in [-0.05, 0) is 42.0 Å². The Bertz CT molecular complexity index is 726. The summed E-state index contributed by atoms with van der Waals surface area (Å²) in [7, 11) is 1.64. The van der Waals surface area contributed by atoms with E-state index in [0.29, 0.717) is 13.0 Å². The molecule has 2 aromatic carbocycles. The van der Waals surface area contributed by atoms with Gasteiger partial charge in [0, 0.05) is 51.4 Å². The highest BCUT2D eigenvalue weighted by atomic mass is 19.1. The SMILES string of the molecule is COc1ccc(CNC(=O)CCN2CCN(c3ccc(F)cc3)CC2)cc1. The zero-order chi connectivity index (χ0) is 19.1. The number of hydrogen-bond acceptors (Lipinski definition) is 4. The molecule has 6 heteroatoms. The lowest BCUT2D eigenvalue weighted by Crippen LogP contribution is -2.47. The number of amides is 1. The fourth-order valence-electron chi connectivity index (χ4n) is 3.17. The van der Waals surface area contributed by atoms with Gasteiger partial charge in [0.2, 0.25) is 5.91 Å². The average Bonchev–Trinajstić information content (AvgIpc) is 2.72. The lowest BCUT2D eigenvalue weighted by atomic mass is 10.2. The van der Waals surface area contributed by atoms with E-state index in [-0.39, 0.29) is 11.7 Å². The zero-order valence-electron chi connectivity index (χ0n) is 15.7. The van der Waals surface area contributed by atoms with Crippen LogP contribution in [0.1, 0.15) is 12.0 Å². The molecule has 1 N–H and O–H groups in total. The molecule has 1 fully saturated rings. The Balaban J connectivity index is 1.35. The number of halogens is 1. The lowest BCUT2D eigenvalue weighted by molar-refractivity contribution is -0.121. The largest absolute Gasteiger partial charge is 0.497 e. The maximum atomic E-state index is 13.0. The molecule has 0 saturated carbocycles. The second kappa shape index (κ2) is 9.37. The molecule has 0 atom stereocenters. The summed E-state index contributed by atoms with van der Waals surface area (Å²) in [6.07, 6.45) is 0.493. The number of carbonyl (C=O) groups is 1. The zero-order valence-corrected chi connectivity index (χ0v) is 15.7. The normalized spacial score (nSPS) is 14.8. The quantitative estimate of drug-likeness (QED) is 0.813. The summed E-state index contributed by atoms with van der Waals surface area (Å²) in [5.74, 6) is 0.662. The van der Waals surface area contributed by atoms with Crippen molar-refractivity contribution in [3.8, 4) is 5.75 Å². The topological polar surface area (TPSA) is 44.8 Å². The van der Waals surface area contributed by atoms with Crippen LogP contribution < -0.4 is 15.0 Å². The van der Waals surface area contributed by atoms with Crippen LogP contribution in [0, 0.1) is 5.82 Å². The Kier molecular flexibility index (Phi) is 6.65. The fraction of sp³-hybridized carbons (Fsp3) is 0.381. The van der Waals surface area contributed by atoms with Crippen LogP contribution >= 0.6 is 0 Å². The predicted molar refractivity (Wildman–Crippen MR) is 105 cm³/mol. The molecule has 0 bridgehead atoms. The van der Waals surface area contributed by atoms with E-state index in [4.69, 9.17) is 4.74 Å². The van der Waals surface area contributed by atoms with Crippen LogP contribution in [0.3, 0.4) is 0 Å². The molecular weight excluding hydrogens is 345 g/mol. The molecule has 0 aromatic heterocycles. The molecule has 1 aliphatic rings. The number of benzene rings is 2. The number of anilines is 1. The second-order valence-electron chi connectivity index (χ2n) is 6.68. The second-order valence-corrected chi connectivity index (χ2v) is 6.68. The number of nitrogens with one attached hydrogen (secondary N) is 1. The van der Waals surface area contributed by atoms with Crippen LogP contribution in [0.2, 0.25) is 0 Å². The molecule has 0 aliphatic carbocycles. The van der Waals surface area contributed by atoms with Crippen LogP contribution in [0.5, 0.6) is 5.75 Å². The Morgan fingerprint density at radius 1 is 1.04 bits per heavy atom. The number of ether oxygens (including phenoxy) is 1. The maximum absolute atomic E-state index is 13.0. The number of hydrogen-bond donors (Lipinski definition) is 1. The van der Waals surface area contributed by atoms with Crippen molar-refractivity contribution in [3.05, 3.63) is 59.9 Å². The number of piperazine rings is 1. The maximum Gasteiger partial charge on any atom is 0.221 e. The third-order valence-electron chi connectivity index (χ3n) is 4.87. The van der Waals surface area contributed by atoms with Crippen LogP contribution in [0.15, 0.2) is 48.5 Å². The van der Waals surface area contributed by atoms with Crippen LogP contribution in [0.4, 0.5) is 10.1 Å². The number of rotatable bonds is 7. The summed E-state index contributed by atoms with van der Waals surface area (Å²) >= 11 is 0. The van der Waals surface area contributed by atoms with E-state index in [9.17, 15) is 9.18 Å². The molecule has 5 nitrogen and oxygen atoms in total. The number of methoxy groups -OCH3 is 1. The monoisotopic (exact) mass is 371 g/mol. The Labute approximate surface area is 159 Å². The van der Waals surface area contributed by atoms with Gasteiger partial charge in [-0.1, -0.05) is 12.1 Å². The highest BCUT2D eigenvalue weighted by molar-refractivity contribution is 5.76. The van der Waals surface area contributed by atoms with Crippen molar-refractivity contribution in [3.63, 3.8) is 0 Å². The molecule has 1 heterocycles. The van der Waals surface area contributed by atoms with Crippen molar-refractivity contribution >= 4 is 11.6 Å². The van der Waals surface area contributed by atoms with E-state index in [1.165, 1.54) is 12.1 Å². The summed E-state index contributed by atoms with van der Waals surface area (Å²) in [6, 6.07) is 14.3. The summed E-state index contributed by atoms with van der Waals surface area (Å²) in [5, 5.41) is 2.96. The van der Waals surface area contributed by atoms with Gasteiger partial charge in [-0.25, -0.2) is 4.39 Å². The average molecular weight is 371 g/mol. The smallest absolute Gasteiger partial charge is 0.221 e. The fourth-order valence-corrected chi connectivity index (χ4v) is 3.17. The first kappa shape index (κ1) is 19.2. The minimum Gasteiger partial charge on any atom is -0.497 e. The Morgan fingerprint density at radius 2 is 1.70 bits per heavy atom. The lowest BCUT2D eigenvalue weighted by Gasteiger charge is -2.36. The van der Waals surface area contributed by atoms with Gasteiger partial charge in [0.1, 0.15) is 11.6 Å². The summed E-state index contributed by atoms with van der Waals surface area (Å²) in [6.45, 7) is 4.87. The molecule has 3 rings (SSSR count). The highest BCUT2D eigenvalue weighted by Crippen LogP contribution is 2.17. The van der Waals surface area contributed by atoms with Gasteiger partial charge >= 0.3 is 0 Å². The third kappa shape index (κ3) is 5.69. The van der Waals surface area contributed by atoms with Gasteiger partial charge in [0.15, 0.2) is 0 Å². The van der Waals surface area contributed by atoms with Crippen molar-refractivity contribution in [1.29, 1.82) is 0 Å². The number of nitrogens with zero attached hydrogens (tertiary/aromatic N) is 2. The summed E-state index contributed by atoms with van der Waals surface area (Å²) in [5.41, 5.74) is 2.10. The minimum absolute atomic E-state index is 0.0618. The predicted octanol–water partition coefficient (Wildman–Crippen LogP) is 2.66. The van der Waals surface area contributed by atoms with Gasteiger partial charge in [0.05, 0.1) is 7.11 Å². The molecule has 0 unspecified atom stereocenters. The van der Waals surface area contributed by atoms with E-state index < -0.39 is 0 Å². The molecule has 0 spiro atoms. The van der Waals surface area contributed by atoms with Crippen molar-refractivity contribution in [2.45, 2.75) is 13.0 Å². The van der Waals surface area contributed by atoms with Crippen LogP contribution in [0.25, 0.3) is 0 Å². The Morgan fingerprint density at radius 3 is 2.33 bits per heavy atom. The van der Waals surface area contributed by atoms with Gasteiger partial charge in [-0.2, -0.15) is 0 Å². The molecule has 1 saturated heterocycles. The molecule has 1 amide bonds. The van der Waals surface area contributed by atoms with Crippen molar-refractivity contribution in [2.75, 3.05) is 44.7 Å². The van der Waals surface area contributed by atoms with E-state index in [0.717, 1.165) is 49.7 Å². The molecule has 2 aromatic rings. The van der Waals surface area contributed by atoms with Gasteiger partial charge < -0.3 is 15.0 Å². The summed E-state index contributed by atoms with van der Waals surface area (Å²) in [4.78, 5) is 16.6. The summed E-state index contributed by atoms with van der Waals surface area (Å²) < 4.78 is 18.2. The molecule has 144 valence electrons. The standard InChI is InChI=1S/C21H26FN3O2/c1-27-20-8-2-17(3-9-20)16-23-21(26)10-11-24-12-14-25(15-13-24)19-6-4-18(22)5-7-19/h2-9H,10-16H2,1H3,(H,23,26). The van der Waals surface area contributed by atoms with Crippen LogP contribution in [-0.2, 0) is 11.3 Å². The van der Waals surface area contributed by atoms with Gasteiger partial charge in [-0.15, -0.1) is 0 Å². The van der Waals surface area contributed by atoms with E-state index in [1.54, 1.807) is 7.11 Å². The third-order valence-corrected chi connectivity index (χ3v) is 4.87. The minimum atomic E-state index is -0.210. The molecular formula is C21H26FN3O2. The van der Waals surface area contributed by atoms with Gasteiger partial charge in [-0.3, -0.25) is 9.69 Å². The Hall–Kier alpha value is -2.60. The van der Waals surface area contributed by atoms with Gasteiger partial charge in [0.25, 0.3) is 0 Å². The molecule has 27 heavy (non-hydrogen) atoms. The first-order valence-electron chi connectivity index (χ1n) is 9.26. The van der Waals surface area contributed by atoms with E-state index in [1.807, 2.05) is 36.4 Å². The molecule has 1 aliphatic heterocycles. The van der Waals surface area contributed by atoms with E-state index in [2.05, 4.69) is 15.1 Å². The van der Waals surface area contributed by atoms with E-state index >= 15 is 0 Å². The van der Waals surface area contributed by atoms with Crippen molar-refractivity contribution in [1.82, 2.24) is 10.2 Å². The van der Waals surface area contributed by atoms with Crippen molar-refractivity contribution in [2.24, 2.45) is 0 Å². The van der Waals surface area contributed by atoms with Crippen molar-refractivity contribution < 1.29 is 13.9 Å². The highest BCUT2D eigenvalue weighted by Gasteiger charge is 2.17. The molecule has 0 radical (unpaired) electrons.